The number of benzene rings is 2. The molecular weight excluding hydrogens is 730 g/mol. The molecule has 1 aliphatic carbocycles. The maximum Gasteiger partial charge on any atom is 0.329 e. The van der Waals surface area contributed by atoms with Crippen LogP contribution in [0.15, 0.2) is 59.5 Å². The number of imide groups is 1. The topological polar surface area (TPSA) is 180 Å². The van der Waals surface area contributed by atoms with Crippen LogP contribution in [0.3, 0.4) is 0 Å². The Morgan fingerprint density at radius 3 is 2.56 bits per heavy atom. The monoisotopic (exact) mass is 775 g/mol. The number of imidazole rings is 1. The van der Waals surface area contributed by atoms with Gasteiger partial charge in [0.25, 0.3) is 5.91 Å². The number of amides is 3. The Hall–Kier alpha value is -5.72. The Kier molecular flexibility index (Phi) is 10.0. The molecule has 5 heterocycles. The fourth-order valence-electron chi connectivity index (χ4n) is 9.14. The molecule has 3 fully saturated rings. The molecule has 57 heavy (non-hydrogen) atoms. The number of halogens is 1. The van der Waals surface area contributed by atoms with E-state index in [4.69, 9.17) is 5.10 Å². The second-order valence-corrected chi connectivity index (χ2v) is 16.3. The lowest BCUT2D eigenvalue weighted by Gasteiger charge is -2.38. The van der Waals surface area contributed by atoms with Gasteiger partial charge in [-0.2, -0.15) is 10.4 Å². The molecule has 3 atom stereocenters. The second-order valence-electron chi connectivity index (χ2n) is 16.3. The molecule has 15 heteroatoms. The fourth-order valence-corrected chi connectivity index (χ4v) is 9.14. The van der Waals surface area contributed by atoms with Gasteiger partial charge in [-0.05, 0) is 101 Å². The van der Waals surface area contributed by atoms with Crippen molar-refractivity contribution in [1.82, 2.24) is 34.1 Å². The summed E-state index contributed by atoms with van der Waals surface area (Å²) >= 11 is 0. The molecule has 14 nitrogen and oxygen atoms in total. The average Bonchev–Trinajstić information content (AvgIpc) is 3.72. The molecule has 0 bridgehead atoms. The molecule has 5 aromatic rings. The van der Waals surface area contributed by atoms with E-state index in [1.807, 2.05) is 35.1 Å². The van der Waals surface area contributed by atoms with Gasteiger partial charge in [-0.1, -0.05) is 18.2 Å². The normalized spacial score (nSPS) is 23.4. The molecular formula is C42H46FN9O5. The molecule has 2 aliphatic heterocycles. The first-order valence-electron chi connectivity index (χ1n) is 19.6. The number of carbonyl (C=O) groups is 3. The van der Waals surface area contributed by atoms with E-state index in [2.05, 4.69) is 20.5 Å². The highest BCUT2D eigenvalue weighted by Gasteiger charge is 2.36. The lowest BCUT2D eigenvalue weighted by atomic mass is 9.83. The van der Waals surface area contributed by atoms with Gasteiger partial charge in [0.15, 0.2) is 0 Å². The Balaban J connectivity index is 0.913. The summed E-state index contributed by atoms with van der Waals surface area (Å²) in [7, 11) is 1.66. The van der Waals surface area contributed by atoms with E-state index in [0.717, 1.165) is 49.7 Å². The van der Waals surface area contributed by atoms with Crippen molar-refractivity contribution in [2.24, 2.45) is 13.0 Å². The van der Waals surface area contributed by atoms with Crippen molar-refractivity contribution in [3.63, 3.8) is 0 Å². The number of likely N-dealkylation sites (tertiary alicyclic amines) is 1. The zero-order valence-electron chi connectivity index (χ0n) is 32.2. The smallest absolute Gasteiger partial charge is 0.329 e. The number of hydrogen-bond donors (Lipinski definition) is 3. The van der Waals surface area contributed by atoms with Crippen molar-refractivity contribution in [2.45, 2.75) is 88.6 Å². The quantitative estimate of drug-likeness (QED) is 0.184. The number of aromatic nitrogens is 5. The number of aliphatic hydroxyl groups is 1. The van der Waals surface area contributed by atoms with Gasteiger partial charge in [0.2, 0.25) is 11.8 Å². The highest BCUT2D eigenvalue weighted by molar-refractivity contribution is 6.04. The predicted molar refractivity (Wildman–Crippen MR) is 210 cm³/mol. The highest BCUT2D eigenvalue weighted by atomic mass is 19.1. The SMILES string of the molecule is Cn1c(=O)n(C2CCC(=O)NC2=O)c2cccc([C@@H]3CCN(CC4CCC(n5cc6cc(NC(=O)c7cccc(C#N)n7)c(C(C)(C)O)cc6n5)CC4)C[C@@H]3F)c21. The maximum absolute atomic E-state index is 16.2. The number of rotatable bonds is 8. The molecule has 296 valence electrons. The second kappa shape index (κ2) is 15.0. The minimum atomic E-state index is -1.27. The van der Waals surface area contributed by atoms with Gasteiger partial charge in [-0.15, -0.1) is 0 Å². The Labute approximate surface area is 328 Å². The number of nitrogens with zero attached hydrogens (tertiary/aromatic N) is 7. The summed E-state index contributed by atoms with van der Waals surface area (Å²) in [6.45, 7) is 5.14. The van der Waals surface area contributed by atoms with E-state index in [1.165, 1.54) is 21.3 Å². The number of para-hydroxylation sites is 1. The van der Waals surface area contributed by atoms with Crippen LogP contribution in [-0.2, 0) is 22.2 Å². The fraction of sp³-hybridized carbons (Fsp3) is 0.452. The number of anilines is 1. The van der Waals surface area contributed by atoms with E-state index >= 15 is 4.39 Å². The number of nitrogens with one attached hydrogen (secondary N) is 2. The minimum absolute atomic E-state index is 0.0969. The number of alkyl halides is 1. The number of carbonyl (C=O) groups excluding carboxylic acids is 3. The first-order valence-corrected chi connectivity index (χ1v) is 19.6. The van der Waals surface area contributed by atoms with E-state index in [-0.39, 0.29) is 41.9 Å². The average molecular weight is 776 g/mol. The Bertz CT molecular complexity index is 2500. The molecule has 2 aromatic carbocycles. The van der Waals surface area contributed by atoms with Gasteiger partial charge in [-0.3, -0.25) is 33.5 Å². The van der Waals surface area contributed by atoms with Gasteiger partial charge in [0.1, 0.15) is 29.7 Å². The predicted octanol–water partition coefficient (Wildman–Crippen LogP) is 4.97. The molecule has 3 amide bonds. The summed E-state index contributed by atoms with van der Waals surface area (Å²) in [5, 5.41) is 31.2. The molecule has 1 saturated carbocycles. The molecule has 3 N–H and O–H groups in total. The van der Waals surface area contributed by atoms with Gasteiger partial charge in [-0.25, -0.2) is 14.2 Å². The van der Waals surface area contributed by atoms with Crippen molar-refractivity contribution in [3.8, 4) is 6.07 Å². The molecule has 2 saturated heterocycles. The van der Waals surface area contributed by atoms with E-state index in [1.54, 1.807) is 39.1 Å². The van der Waals surface area contributed by atoms with Crippen LogP contribution in [-0.4, -0.2) is 77.4 Å². The standard InChI is InChI=1S/C42H46FN9O5/c1-42(2,57)30-19-33-25(18-34(30)46-39(54)32-8-4-6-26(20-44)45-32)22-51(48-33)27-12-10-24(11-13-27)21-50-17-16-28(31(43)23-50)29-7-5-9-35-38(29)49(3)41(56)52(35)36-14-15-37(53)47-40(36)55/h4-9,18-19,22,24,27-28,31,36,57H,10-17,21,23H2,1-3H3,(H,46,54)(H,47,53,55)/t24?,27?,28-,31-,36?/m0/s1. The Morgan fingerprint density at radius 2 is 1.84 bits per heavy atom. The summed E-state index contributed by atoms with van der Waals surface area (Å²) in [4.78, 5) is 57.4. The maximum atomic E-state index is 16.2. The van der Waals surface area contributed by atoms with Crippen LogP contribution in [0.4, 0.5) is 10.1 Å². The van der Waals surface area contributed by atoms with Crippen LogP contribution < -0.4 is 16.3 Å². The molecule has 0 spiro atoms. The van der Waals surface area contributed by atoms with Crippen molar-refractivity contribution in [1.29, 1.82) is 5.26 Å². The number of fused-ring (bicyclic) bond motifs is 2. The Morgan fingerprint density at radius 1 is 1.07 bits per heavy atom. The summed E-state index contributed by atoms with van der Waals surface area (Å²) in [5.41, 5.74) is 2.23. The zero-order valence-corrected chi connectivity index (χ0v) is 32.2. The highest BCUT2D eigenvalue weighted by Crippen LogP contribution is 2.39. The van der Waals surface area contributed by atoms with Crippen LogP contribution >= 0.6 is 0 Å². The van der Waals surface area contributed by atoms with Crippen molar-refractivity contribution < 1.29 is 23.9 Å². The summed E-state index contributed by atoms with van der Waals surface area (Å²) in [6, 6.07) is 15.1. The van der Waals surface area contributed by atoms with Gasteiger partial charge < -0.3 is 15.3 Å². The number of aryl methyl sites for hydroxylation is 1. The number of piperidine rings is 2. The molecule has 3 aliphatic rings. The van der Waals surface area contributed by atoms with Gasteiger partial charge in [0.05, 0.1) is 28.2 Å². The molecule has 1 unspecified atom stereocenters. The third-order valence-electron chi connectivity index (χ3n) is 12.1. The molecule has 3 aromatic heterocycles. The van der Waals surface area contributed by atoms with Crippen molar-refractivity contribution >= 4 is 45.3 Å². The van der Waals surface area contributed by atoms with E-state index in [0.29, 0.717) is 46.7 Å². The van der Waals surface area contributed by atoms with Crippen molar-refractivity contribution in [2.75, 3.05) is 25.0 Å². The third kappa shape index (κ3) is 7.35. The number of pyridine rings is 1. The zero-order chi connectivity index (χ0) is 40.2. The van der Waals surface area contributed by atoms with E-state index < -0.39 is 35.5 Å². The lowest BCUT2D eigenvalue weighted by molar-refractivity contribution is -0.135. The summed E-state index contributed by atoms with van der Waals surface area (Å²) in [5.74, 6) is -1.31. The number of nitriles is 1. The molecule has 8 rings (SSSR count). The third-order valence-corrected chi connectivity index (χ3v) is 12.1. The minimum Gasteiger partial charge on any atom is -0.386 e. The lowest BCUT2D eigenvalue weighted by Crippen LogP contribution is -2.44. The van der Waals surface area contributed by atoms with Crippen LogP contribution in [0, 0.1) is 17.2 Å². The van der Waals surface area contributed by atoms with Gasteiger partial charge >= 0.3 is 5.69 Å². The van der Waals surface area contributed by atoms with Crippen LogP contribution in [0.1, 0.15) is 104 Å². The van der Waals surface area contributed by atoms with Crippen LogP contribution in [0.25, 0.3) is 21.9 Å². The first-order chi connectivity index (χ1) is 27.3. The van der Waals surface area contributed by atoms with E-state index in [9.17, 15) is 29.5 Å². The first kappa shape index (κ1) is 38.2. The largest absolute Gasteiger partial charge is 0.386 e. The number of hydrogen-bond acceptors (Lipinski definition) is 9. The summed E-state index contributed by atoms with van der Waals surface area (Å²) in [6.07, 6.45) is 5.61. The summed E-state index contributed by atoms with van der Waals surface area (Å²) < 4.78 is 21.1. The van der Waals surface area contributed by atoms with Gasteiger partial charge in [0, 0.05) is 55.3 Å². The van der Waals surface area contributed by atoms with Crippen LogP contribution in [0.5, 0.6) is 0 Å². The molecule has 0 radical (unpaired) electrons. The van der Waals surface area contributed by atoms with Crippen molar-refractivity contribution in [3.05, 3.63) is 87.7 Å². The van der Waals surface area contributed by atoms with Crippen LogP contribution in [0.2, 0.25) is 0 Å².